The van der Waals surface area contributed by atoms with Gasteiger partial charge in [0, 0.05) is 11.1 Å². The molecule has 0 fully saturated rings. The number of hydrogen-bond donors (Lipinski definition) is 0. The zero-order valence-corrected chi connectivity index (χ0v) is 14.5. The molecule has 116 valence electrons. The standard InChI is InChI=1S/C19H16BrNO2/c1-12(2)17-11-14(13-7-3-5-9-16(13)21-17)19(22)23-18-10-6-4-8-15(18)20/h3-12H,1-2H3. The van der Waals surface area contributed by atoms with Gasteiger partial charge in [-0.1, -0.05) is 44.2 Å². The molecule has 23 heavy (non-hydrogen) atoms. The molecular weight excluding hydrogens is 354 g/mol. The molecule has 3 nitrogen and oxygen atoms in total. The Labute approximate surface area is 143 Å². The van der Waals surface area contributed by atoms with E-state index in [1.165, 1.54) is 0 Å². The average molecular weight is 370 g/mol. The lowest BCUT2D eigenvalue weighted by molar-refractivity contribution is 0.0735. The van der Waals surface area contributed by atoms with Crippen LogP contribution < -0.4 is 4.74 Å². The fraction of sp³-hybridized carbons (Fsp3) is 0.158. The minimum Gasteiger partial charge on any atom is -0.422 e. The summed E-state index contributed by atoms with van der Waals surface area (Å²) in [4.78, 5) is 17.3. The molecule has 0 aliphatic rings. The summed E-state index contributed by atoms with van der Waals surface area (Å²) in [7, 11) is 0. The maximum absolute atomic E-state index is 12.7. The second kappa shape index (κ2) is 6.50. The Morgan fingerprint density at radius 3 is 2.52 bits per heavy atom. The SMILES string of the molecule is CC(C)c1cc(C(=O)Oc2ccccc2Br)c2ccccc2n1. The zero-order chi connectivity index (χ0) is 16.4. The van der Waals surface area contributed by atoms with Crippen LogP contribution in [0.2, 0.25) is 0 Å². The monoisotopic (exact) mass is 369 g/mol. The van der Waals surface area contributed by atoms with Crippen LogP contribution in [0.3, 0.4) is 0 Å². The molecule has 0 amide bonds. The third kappa shape index (κ3) is 3.27. The number of hydrogen-bond acceptors (Lipinski definition) is 3. The Morgan fingerprint density at radius 1 is 1.09 bits per heavy atom. The molecular formula is C19H16BrNO2. The minimum absolute atomic E-state index is 0.231. The van der Waals surface area contributed by atoms with Crippen molar-refractivity contribution in [2.45, 2.75) is 19.8 Å². The summed E-state index contributed by atoms with van der Waals surface area (Å²) in [5, 5.41) is 0.800. The van der Waals surface area contributed by atoms with Gasteiger partial charge in [-0.25, -0.2) is 4.79 Å². The molecule has 0 aliphatic carbocycles. The molecule has 0 radical (unpaired) electrons. The van der Waals surface area contributed by atoms with E-state index in [0.29, 0.717) is 11.3 Å². The van der Waals surface area contributed by atoms with E-state index in [4.69, 9.17) is 4.74 Å². The van der Waals surface area contributed by atoms with Crippen LogP contribution >= 0.6 is 15.9 Å². The van der Waals surface area contributed by atoms with Gasteiger partial charge < -0.3 is 4.74 Å². The Morgan fingerprint density at radius 2 is 1.78 bits per heavy atom. The van der Waals surface area contributed by atoms with Gasteiger partial charge in [-0.3, -0.25) is 4.98 Å². The summed E-state index contributed by atoms with van der Waals surface area (Å²) in [6.45, 7) is 4.11. The van der Waals surface area contributed by atoms with E-state index >= 15 is 0 Å². The molecule has 0 saturated carbocycles. The zero-order valence-electron chi connectivity index (χ0n) is 12.9. The topological polar surface area (TPSA) is 39.2 Å². The lowest BCUT2D eigenvalue weighted by Gasteiger charge is -2.12. The van der Waals surface area contributed by atoms with Crippen LogP contribution in [0.1, 0.15) is 35.8 Å². The van der Waals surface area contributed by atoms with Gasteiger partial charge in [-0.2, -0.15) is 0 Å². The third-order valence-electron chi connectivity index (χ3n) is 3.59. The van der Waals surface area contributed by atoms with Gasteiger partial charge >= 0.3 is 5.97 Å². The van der Waals surface area contributed by atoms with Gasteiger partial charge in [0.25, 0.3) is 0 Å². The number of carbonyl (C=O) groups excluding carboxylic acids is 1. The van der Waals surface area contributed by atoms with Crippen molar-refractivity contribution in [2.75, 3.05) is 0 Å². The van der Waals surface area contributed by atoms with E-state index in [1.807, 2.05) is 48.5 Å². The highest BCUT2D eigenvalue weighted by Gasteiger charge is 2.17. The third-order valence-corrected chi connectivity index (χ3v) is 4.24. The first-order chi connectivity index (χ1) is 11.1. The van der Waals surface area contributed by atoms with Crippen molar-refractivity contribution in [1.29, 1.82) is 0 Å². The maximum atomic E-state index is 12.7. The largest absolute Gasteiger partial charge is 0.422 e. The quantitative estimate of drug-likeness (QED) is 0.462. The molecule has 2 aromatic carbocycles. The number of para-hydroxylation sites is 2. The highest BCUT2D eigenvalue weighted by Crippen LogP contribution is 2.27. The molecule has 0 aliphatic heterocycles. The predicted octanol–water partition coefficient (Wildman–Crippen LogP) is 5.34. The van der Waals surface area contributed by atoms with Gasteiger partial charge in [0.15, 0.2) is 0 Å². The van der Waals surface area contributed by atoms with Crippen molar-refractivity contribution in [3.63, 3.8) is 0 Å². The second-order valence-corrected chi connectivity index (χ2v) is 6.44. The van der Waals surface area contributed by atoms with Crippen LogP contribution in [0, 0.1) is 0 Å². The van der Waals surface area contributed by atoms with E-state index < -0.39 is 0 Å². The number of benzene rings is 2. The summed E-state index contributed by atoms with van der Waals surface area (Å²) in [5.41, 5.74) is 2.22. The molecule has 0 spiro atoms. The summed E-state index contributed by atoms with van der Waals surface area (Å²) in [6, 6.07) is 16.8. The van der Waals surface area contributed by atoms with Crippen molar-refractivity contribution in [1.82, 2.24) is 4.98 Å². The first-order valence-electron chi connectivity index (χ1n) is 7.42. The lowest BCUT2D eigenvalue weighted by Crippen LogP contribution is -2.11. The normalized spacial score (nSPS) is 11.0. The summed E-state index contributed by atoms with van der Waals surface area (Å²) in [5.74, 6) is 0.358. The molecule has 3 rings (SSSR count). The van der Waals surface area contributed by atoms with Crippen LogP contribution in [0.15, 0.2) is 59.1 Å². The number of ether oxygens (including phenoxy) is 1. The smallest absolute Gasteiger partial charge is 0.344 e. The van der Waals surface area contributed by atoms with E-state index in [2.05, 4.69) is 34.8 Å². The molecule has 4 heteroatoms. The van der Waals surface area contributed by atoms with Gasteiger partial charge in [0.2, 0.25) is 0 Å². The molecule has 0 N–H and O–H groups in total. The van der Waals surface area contributed by atoms with Crippen molar-refractivity contribution in [3.8, 4) is 5.75 Å². The van der Waals surface area contributed by atoms with Crippen LogP contribution in [0.25, 0.3) is 10.9 Å². The van der Waals surface area contributed by atoms with Crippen LogP contribution in [-0.2, 0) is 0 Å². The molecule has 0 bridgehead atoms. The van der Waals surface area contributed by atoms with Crippen molar-refractivity contribution in [2.24, 2.45) is 0 Å². The number of aromatic nitrogens is 1. The summed E-state index contributed by atoms with van der Waals surface area (Å²) < 4.78 is 6.31. The second-order valence-electron chi connectivity index (χ2n) is 5.59. The van der Waals surface area contributed by atoms with E-state index in [-0.39, 0.29) is 11.9 Å². The number of rotatable bonds is 3. The number of carbonyl (C=O) groups is 1. The molecule has 0 atom stereocenters. The molecule has 1 heterocycles. The van der Waals surface area contributed by atoms with E-state index in [9.17, 15) is 4.79 Å². The number of fused-ring (bicyclic) bond motifs is 1. The van der Waals surface area contributed by atoms with Gasteiger partial charge in [-0.05, 0) is 46.1 Å². The number of nitrogens with zero attached hydrogens (tertiary/aromatic N) is 1. The molecule has 1 aromatic heterocycles. The summed E-state index contributed by atoms with van der Waals surface area (Å²) in [6.07, 6.45) is 0. The fourth-order valence-corrected chi connectivity index (χ4v) is 2.71. The van der Waals surface area contributed by atoms with Crippen LogP contribution in [-0.4, -0.2) is 11.0 Å². The van der Waals surface area contributed by atoms with Gasteiger partial charge in [-0.15, -0.1) is 0 Å². The number of pyridine rings is 1. The molecule has 3 aromatic rings. The fourth-order valence-electron chi connectivity index (χ4n) is 2.34. The maximum Gasteiger partial charge on any atom is 0.344 e. The van der Waals surface area contributed by atoms with E-state index in [1.54, 1.807) is 6.07 Å². The molecule has 0 unspecified atom stereocenters. The van der Waals surface area contributed by atoms with E-state index in [0.717, 1.165) is 21.1 Å². The average Bonchev–Trinajstić information content (AvgIpc) is 2.55. The minimum atomic E-state index is -0.377. The Balaban J connectivity index is 2.07. The van der Waals surface area contributed by atoms with Crippen molar-refractivity contribution in [3.05, 3.63) is 70.3 Å². The Kier molecular flexibility index (Phi) is 4.44. The highest BCUT2D eigenvalue weighted by atomic mass is 79.9. The number of esters is 1. The predicted molar refractivity (Wildman–Crippen MR) is 94.9 cm³/mol. The van der Waals surface area contributed by atoms with Crippen molar-refractivity contribution < 1.29 is 9.53 Å². The first kappa shape index (κ1) is 15.7. The van der Waals surface area contributed by atoms with Crippen LogP contribution in [0.5, 0.6) is 5.75 Å². The van der Waals surface area contributed by atoms with Crippen LogP contribution in [0.4, 0.5) is 0 Å². The van der Waals surface area contributed by atoms with Gasteiger partial charge in [0.1, 0.15) is 5.75 Å². The number of halogens is 1. The van der Waals surface area contributed by atoms with Gasteiger partial charge in [0.05, 0.1) is 15.6 Å². The highest BCUT2D eigenvalue weighted by molar-refractivity contribution is 9.10. The Hall–Kier alpha value is -2.20. The lowest BCUT2D eigenvalue weighted by atomic mass is 10.0. The Bertz CT molecular complexity index is 874. The van der Waals surface area contributed by atoms with Crippen molar-refractivity contribution >= 4 is 32.8 Å². The first-order valence-corrected chi connectivity index (χ1v) is 8.22. The summed E-state index contributed by atoms with van der Waals surface area (Å²) >= 11 is 3.40. The molecule has 0 saturated heterocycles.